The largest absolute Gasteiger partial charge is 0.325 e. The van der Waals surface area contributed by atoms with Crippen LogP contribution in [0.25, 0.3) is 0 Å². The lowest BCUT2D eigenvalue weighted by Gasteiger charge is -2.39. The molecule has 2 heterocycles. The van der Waals surface area contributed by atoms with E-state index in [1.54, 1.807) is 0 Å². The number of hydrogen-bond acceptors (Lipinski definition) is 8. The summed E-state index contributed by atoms with van der Waals surface area (Å²) in [5.41, 5.74) is 0. The molecule has 0 aromatic rings. The topological polar surface area (TPSA) is 73.8 Å². The first kappa shape index (κ1) is 25.9. The molecule has 178 valence electrons. The molecule has 2 aliphatic heterocycles. The van der Waals surface area contributed by atoms with Crippen molar-refractivity contribution in [3.63, 3.8) is 0 Å². The predicted octanol–water partition coefficient (Wildman–Crippen LogP) is 4.65. The molecule has 2 aliphatic rings. The van der Waals surface area contributed by atoms with Gasteiger partial charge < -0.3 is 28.4 Å². The zero-order valence-corrected chi connectivity index (χ0v) is 20.0. The minimum absolute atomic E-state index is 0.0202. The second-order valence-electron chi connectivity index (χ2n) is 8.19. The van der Waals surface area contributed by atoms with Crippen LogP contribution < -0.4 is 0 Å². The molecule has 8 heteroatoms. The van der Waals surface area contributed by atoms with Crippen LogP contribution in [0.2, 0.25) is 0 Å². The second kappa shape index (κ2) is 11.0. The van der Waals surface area contributed by atoms with Gasteiger partial charge in [-0.2, -0.15) is 0 Å². The summed E-state index contributed by atoms with van der Waals surface area (Å²) in [7, 11) is 0. The van der Waals surface area contributed by atoms with Gasteiger partial charge in [-0.3, -0.25) is 9.47 Å². The standard InChI is InChI=1S/C22H42O8/c1-9-18(29-21(12-4)23-14-16(6)25-21)27-20(8,11-3)28-19(10-2)30-22(13-5)24-15-17(7)26-22/h16-19H,9-15H2,1-8H3. The van der Waals surface area contributed by atoms with Crippen molar-refractivity contribution in [3.05, 3.63) is 0 Å². The van der Waals surface area contributed by atoms with Gasteiger partial charge in [0.1, 0.15) is 0 Å². The molecule has 0 N–H and O–H groups in total. The summed E-state index contributed by atoms with van der Waals surface area (Å²) < 4.78 is 48.2. The van der Waals surface area contributed by atoms with Gasteiger partial charge in [-0.1, -0.05) is 34.6 Å². The van der Waals surface area contributed by atoms with Crippen LogP contribution in [0.3, 0.4) is 0 Å². The van der Waals surface area contributed by atoms with E-state index in [1.807, 2.05) is 55.4 Å². The summed E-state index contributed by atoms with van der Waals surface area (Å²) in [4.78, 5) is 0. The fraction of sp³-hybridized carbons (Fsp3) is 1.00. The average Bonchev–Trinajstić information content (AvgIpc) is 3.30. The minimum atomic E-state index is -1.08. The Labute approximate surface area is 181 Å². The molecular formula is C22H42O8. The smallest absolute Gasteiger partial charge is 0.285 e. The first-order chi connectivity index (χ1) is 14.2. The Morgan fingerprint density at radius 2 is 1.20 bits per heavy atom. The molecule has 2 fully saturated rings. The van der Waals surface area contributed by atoms with Crippen LogP contribution >= 0.6 is 0 Å². The van der Waals surface area contributed by atoms with Gasteiger partial charge >= 0.3 is 0 Å². The molecule has 0 radical (unpaired) electrons. The molecule has 6 unspecified atom stereocenters. The average molecular weight is 435 g/mol. The van der Waals surface area contributed by atoms with Gasteiger partial charge in [-0.05, 0) is 40.0 Å². The lowest BCUT2D eigenvalue weighted by molar-refractivity contribution is -0.443. The van der Waals surface area contributed by atoms with E-state index in [1.165, 1.54) is 0 Å². The zero-order valence-electron chi connectivity index (χ0n) is 20.0. The summed E-state index contributed by atoms with van der Waals surface area (Å²) in [5.74, 6) is -3.09. The summed E-state index contributed by atoms with van der Waals surface area (Å²) in [5, 5.41) is 0. The zero-order chi connectivity index (χ0) is 22.4. The Morgan fingerprint density at radius 1 is 0.800 bits per heavy atom. The molecule has 0 amide bonds. The molecule has 2 saturated heterocycles. The molecule has 6 atom stereocenters. The molecule has 0 aromatic heterocycles. The van der Waals surface area contributed by atoms with E-state index in [0.717, 1.165) is 0 Å². The third-order valence-electron chi connectivity index (χ3n) is 5.40. The normalized spacial score (nSPS) is 36.0. The maximum atomic E-state index is 6.28. The summed E-state index contributed by atoms with van der Waals surface area (Å²) in [6.07, 6.45) is 1.79. The van der Waals surface area contributed by atoms with Crippen LogP contribution in [-0.4, -0.2) is 55.7 Å². The number of hydrogen-bond donors (Lipinski definition) is 0. The highest BCUT2D eigenvalue weighted by Gasteiger charge is 2.45. The fourth-order valence-corrected chi connectivity index (χ4v) is 3.43. The quantitative estimate of drug-likeness (QED) is 0.388. The van der Waals surface area contributed by atoms with Gasteiger partial charge in [0.05, 0.1) is 25.4 Å². The van der Waals surface area contributed by atoms with Crippen LogP contribution in [0.1, 0.15) is 87.5 Å². The molecule has 8 nitrogen and oxygen atoms in total. The van der Waals surface area contributed by atoms with Crippen molar-refractivity contribution in [1.29, 1.82) is 0 Å². The highest BCUT2D eigenvalue weighted by molar-refractivity contribution is 4.71. The third kappa shape index (κ3) is 6.59. The maximum absolute atomic E-state index is 6.28. The van der Waals surface area contributed by atoms with Crippen molar-refractivity contribution in [2.24, 2.45) is 0 Å². The van der Waals surface area contributed by atoms with E-state index in [2.05, 4.69) is 0 Å². The van der Waals surface area contributed by atoms with E-state index in [4.69, 9.17) is 37.9 Å². The Bertz CT molecular complexity index is 477. The molecule has 30 heavy (non-hydrogen) atoms. The van der Waals surface area contributed by atoms with E-state index >= 15 is 0 Å². The van der Waals surface area contributed by atoms with Crippen LogP contribution in [0.4, 0.5) is 0 Å². The van der Waals surface area contributed by atoms with Crippen molar-refractivity contribution in [2.75, 3.05) is 13.2 Å². The summed E-state index contributed by atoms with van der Waals surface area (Å²) in [6.45, 7) is 16.7. The summed E-state index contributed by atoms with van der Waals surface area (Å²) in [6, 6.07) is 0. The van der Waals surface area contributed by atoms with Crippen LogP contribution in [0.5, 0.6) is 0 Å². The van der Waals surface area contributed by atoms with E-state index < -0.39 is 30.3 Å². The van der Waals surface area contributed by atoms with Crippen molar-refractivity contribution in [1.82, 2.24) is 0 Å². The van der Waals surface area contributed by atoms with Gasteiger partial charge in [-0.15, -0.1) is 0 Å². The molecule has 0 aromatic carbocycles. The fourth-order valence-electron chi connectivity index (χ4n) is 3.43. The SMILES string of the molecule is CCC(OC(C)(CC)OC(CC)OC1(CC)OCC(C)O1)OC1(CC)OCC(C)O1. The van der Waals surface area contributed by atoms with E-state index in [-0.39, 0.29) is 12.2 Å². The molecule has 0 bridgehead atoms. The lowest BCUT2D eigenvalue weighted by Crippen LogP contribution is -2.47. The minimum Gasteiger partial charge on any atom is -0.325 e. The monoisotopic (exact) mass is 434 g/mol. The lowest BCUT2D eigenvalue weighted by atomic mass is 10.2. The van der Waals surface area contributed by atoms with Gasteiger partial charge in [0.25, 0.3) is 11.9 Å². The molecule has 0 aliphatic carbocycles. The van der Waals surface area contributed by atoms with Crippen LogP contribution in [0, 0.1) is 0 Å². The van der Waals surface area contributed by atoms with Gasteiger partial charge in [0.15, 0.2) is 18.4 Å². The highest BCUT2D eigenvalue weighted by atomic mass is 17.0. The van der Waals surface area contributed by atoms with E-state index in [0.29, 0.717) is 45.3 Å². The first-order valence-electron chi connectivity index (χ1n) is 11.5. The van der Waals surface area contributed by atoms with Crippen molar-refractivity contribution in [3.8, 4) is 0 Å². The van der Waals surface area contributed by atoms with E-state index in [9.17, 15) is 0 Å². The first-order valence-corrected chi connectivity index (χ1v) is 11.5. The van der Waals surface area contributed by atoms with Gasteiger partial charge in [0.2, 0.25) is 0 Å². The Morgan fingerprint density at radius 3 is 1.43 bits per heavy atom. The number of ether oxygens (including phenoxy) is 8. The van der Waals surface area contributed by atoms with Crippen molar-refractivity contribution < 1.29 is 37.9 Å². The second-order valence-corrected chi connectivity index (χ2v) is 8.19. The Hall–Kier alpha value is -0.320. The molecule has 0 spiro atoms. The van der Waals surface area contributed by atoms with Crippen LogP contribution in [-0.2, 0) is 37.9 Å². The Balaban J connectivity index is 2.03. The number of rotatable bonds is 13. The molecular weight excluding hydrogens is 392 g/mol. The third-order valence-corrected chi connectivity index (χ3v) is 5.40. The summed E-state index contributed by atoms with van der Waals surface area (Å²) >= 11 is 0. The predicted molar refractivity (Wildman–Crippen MR) is 110 cm³/mol. The van der Waals surface area contributed by atoms with Crippen molar-refractivity contribution in [2.45, 2.75) is 130 Å². The highest BCUT2D eigenvalue weighted by Crippen LogP contribution is 2.35. The molecule has 2 rings (SSSR count). The Kier molecular flexibility index (Phi) is 9.52. The maximum Gasteiger partial charge on any atom is 0.285 e. The van der Waals surface area contributed by atoms with Crippen molar-refractivity contribution >= 4 is 0 Å². The van der Waals surface area contributed by atoms with Gasteiger partial charge in [0, 0.05) is 12.8 Å². The van der Waals surface area contributed by atoms with Gasteiger partial charge in [-0.25, -0.2) is 0 Å². The van der Waals surface area contributed by atoms with Crippen LogP contribution in [0.15, 0.2) is 0 Å². The molecule has 0 saturated carbocycles.